The molecule has 0 aromatic heterocycles. The van der Waals surface area contributed by atoms with Crippen molar-refractivity contribution in [3.8, 4) is 0 Å². The Morgan fingerprint density at radius 3 is 1.84 bits per heavy atom. The minimum Gasteiger partial charge on any atom is -0.322 e. The number of piperidine rings is 2. The van der Waals surface area contributed by atoms with Crippen molar-refractivity contribution < 1.29 is 0 Å². The minimum absolute atomic E-state index is 0.0186. The lowest BCUT2D eigenvalue weighted by Crippen LogP contribution is -2.66. The van der Waals surface area contributed by atoms with Crippen LogP contribution in [0.4, 0.5) is 5.69 Å². The Labute approximate surface area is 204 Å². The molecule has 5 nitrogen and oxygen atoms in total. The summed E-state index contributed by atoms with van der Waals surface area (Å²) in [6.45, 7) is 18.3. The SMILES string of the molecule is CC1(C)CCCC(C)(C)N1N=C(Nc1cc(Cl)ccc1Cl)NN1C(C)(C)CCCC1(C)C. The fourth-order valence-corrected chi connectivity index (χ4v) is 5.89. The van der Waals surface area contributed by atoms with E-state index in [1.54, 1.807) is 6.07 Å². The third-order valence-electron chi connectivity index (χ3n) is 7.11. The van der Waals surface area contributed by atoms with Crippen molar-refractivity contribution in [3.05, 3.63) is 28.2 Å². The molecule has 0 spiro atoms. The van der Waals surface area contributed by atoms with Crippen LogP contribution in [0, 0.1) is 0 Å². The number of benzene rings is 1. The number of nitrogens with zero attached hydrogens (tertiary/aromatic N) is 3. The highest BCUT2D eigenvalue weighted by Crippen LogP contribution is 2.39. The number of rotatable bonds is 3. The molecule has 2 fully saturated rings. The highest BCUT2D eigenvalue weighted by atomic mass is 35.5. The topological polar surface area (TPSA) is 42.9 Å². The van der Waals surface area contributed by atoms with Crippen molar-refractivity contribution in [2.75, 3.05) is 5.32 Å². The average molecular weight is 483 g/mol. The summed E-state index contributed by atoms with van der Waals surface area (Å²) in [5, 5.41) is 14.6. The fraction of sp³-hybridized carbons (Fsp3) is 0.720. The molecule has 0 aliphatic carbocycles. The van der Waals surface area contributed by atoms with Crippen LogP contribution in [0.3, 0.4) is 0 Å². The molecule has 2 aliphatic rings. The van der Waals surface area contributed by atoms with E-state index in [1.807, 2.05) is 12.1 Å². The Kier molecular flexibility index (Phi) is 7.07. The molecule has 1 aromatic carbocycles. The maximum Gasteiger partial charge on any atom is 0.233 e. The molecular weight excluding hydrogens is 441 g/mol. The predicted molar refractivity (Wildman–Crippen MR) is 138 cm³/mol. The number of anilines is 1. The summed E-state index contributed by atoms with van der Waals surface area (Å²) >= 11 is 12.8. The van der Waals surface area contributed by atoms with Crippen molar-refractivity contribution in [3.63, 3.8) is 0 Å². The highest BCUT2D eigenvalue weighted by molar-refractivity contribution is 6.35. The second-order valence-electron chi connectivity index (χ2n) is 11.9. The lowest BCUT2D eigenvalue weighted by Gasteiger charge is -2.54. The van der Waals surface area contributed by atoms with Crippen LogP contribution < -0.4 is 10.7 Å². The molecule has 0 saturated carbocycles. The molecule has 1 aromatic rings. The van der Waals surface area contributed by atoms with Crippen LogP contribution >= 0.6 is 23.2 Å². The van der Waals surface area contributed by atoms with E-state index in [-0.39, 0.29) is 22.2 Å². The van der Waals surface area contributed by atoms with Crippen molar-refractivity contribution >= 4 is 34.8 Å². The van der Waals surface area contributed by atoms with Crippen molar-refractivity contribution in [1.82, 2.24) is 15.4 Å². The van der Waals surface area contributed by atoms with Gasteiger partial charge in [0.2, 0.25) is 5.96 Å². The molecule has 0 atom stereocenters. The van der Waals surface area contributed by atoms with Crippen LogP contribution in [-0.2, 0) is 0 Å². The Morgan fingerprint density at radius 2 is 1.31 bits per heavy atom. The summed E-state index contributed by atoms with van der Waals surface area (Å²) in [6, 6.07) is 5.46. The Bertz CT molecular complexity index is 828. The number of halogens is 2. The maximum absolute atomic E-state index is 6.52. The molecule has 180 valence electrons. The first-order valence-electron chi connectivity index (χ1n) is 11.8. The first kappa shape index (κ1) is 25.5. The molecule has 32 heavy (non-hydrogen) atoms. The van der Waals surface area contributed by atoms with Gasteiger partial charge >= 0.3 is 0 Å². The van der Waals surface area contributed by atoms with Crippen LogP contribution in [-0.4, -0.2) is 38.1 Å². The van der Waals surface area contributed by atoms with Gasteiger partial charge in [-0.2, -0.15) is 0 Å². The first-order valence-corrected chi connectivity index (χ1v) is 12.6. The van der Waals surface area contributed by atoms with Crippen molar-refractivity contribution in [2.24, 2.45) is 5.10 Å². The third kappa shape index (κ3) is 5.48. The summed E-state index contributed by atoms with van der Waals surface area (Å²) in [5.41, 5.74) is 4.28. The standard InChI is InChI=1S/C25H41Cl2N5/c1-22(2)13-9-14-23(3,4)31(22)29-21(28-20-17-18(26)11-12-19(20)27)30-32-24(5,6)15-10-16-25(32,7)8/h11-12,17H,9-10,13-16H2,1-8H3,(H2,28,29,30). The Hall–Kier alpha value is -1.17. The normalized spacial score (nSPS) is 24.8. The number of hydrazone groups is 1. The third-order valence-corrected chi connectivity index (χ3v) is 7.68. The van der Waals surface area contributed by atoms with Gasteiger partial charge in [-0.25, -0.2) is 5.01 Å². The van der Waals surface area contributed by atoms with Crippen LogP contribution in [0.25, 0.3) is 0 Å². The smallest absolute Gasteiger partial charge is 0.233 e. The number of hydrogen-bond acceptors (Lipinski definition) is 3. The van der Waals surface area contributed by atoms with Gasteiger partial charge < -0.3 is 5.32 Å². The molecule has 0 unspecified atom stereocenters. The molecule has 2 aliphatic heterocycles. The van der Waals surface area contributed by atoms with E-state index in [0.717, 1.165) is 31.4 Å². The number of hydrogen-bond donors (Lipinski definition) is 2. The number of guanidine groups is 1. The quantitative estimate of drug-likeness (QED) is 0.351. The highest BCUT2D eigenvalue weighted by Gasteiger charge is 2.44. The van der Waals surface area contributed by atoms with Gasteiger partial charge in [0.25, 0.3) is 0 Å². The molecule has 3 rings (SSSR count). The van der Waals surface area contributed by atoms with Gasteiger partial charge in [0.05, 0.1) is 21.8 Å². The zero-order chi connectivity index (χ0) is 23.9. The van der Waals surface area contributed by atoms with E-state index < -0.39 is 0 Å². The van der Waals surface area contributed by atoms with Crippen LogP contribution in [0.15, 0.2) is 23.3 Å². The predicted octanol–water partition coefficient (Wildman–Crippen LogP) is 7.27. The van der Waals surface area contributed by atoms with Gasteiger partial charge in [0.1, 0.15) is 0 Å². The van der Waals surface area contributed by atoms with Crippen LogP contribution in [0.5, 0.6) is 0 Å². The van der Waals surface area contributed by atoms with Gasteiger partial charge in [-0.3, -0.25) is 10.4 Å². The minimum atomic E-state index is -0.0541. The summed E-state index contributed by atoms with van der Waals surface area (Å²) in [7, 11) is 0. The van der Waals surface area contributed by atoms with Crippen molar-refractivity contribution in [2.45, 2.75) is 116 Å². The molecule has 2 N–H and O–H groups in total. The van der Waals surface area contributed by atoms with E-state index in [4.69, 9.17) is 28.3 Å². The largest absolute Gasteiger partial charge is 0.322 e. The van der Waals surface area contributed by atoms with Gasteiger partial charge in [-0.05, 0) is 112 Å². The van der Waals surface area contributed by atoms with Crippen LogP contribution in [0.2, 0.25) is 10.0 Å². The van der Waals surface area contributed by atoms with E-state index in [0.29, 0.717) is 16.0 Å². The Balaban J connectivity index is 2.05. The summed E-state index contributed by atoms with van der Waals surface area (Å²) in [6.07, 6.45) is 6.86. The van der Waals surface area contributed by atoms with Crippen molar-refractivity contribution in [1.29, 1.82) is 0 Å². The zero-order valence-electron chi connectivity index (χ0n) is 21.1. The molecule has 7 heteroatoms. The summed E-state index contributed by atoms with van der Waals surface area (Å²) < 4.78 is 0. The molecule has 0 radical (unpaired) electrons. The first-order chi connectivity index (χ1) is 14.6. The fourth-order valence-electron chi connectivity index (χ4n) is 5.56. The molecule has 2 heterocycles. The maximum atomic E-state index is 6.52. The lowest BCUT2D eigenvalue weighted by molar-refractivity contribution is -0.0546. The molecule has 0 amide bonds. The number of nitrogens with one attached hydrogen (secondary N) is 2. The van der Waals surface area contributed by atoms with Gasteiger partial charge in [-0.15, -0.1) is 5.10 Å². The second kappa shape index (κ2) is 8.88. The van der Waals surface area contributed by atoms with Gasteiger partial charge in [0, 0.05) is 16.1 Å². The van der Waals surface area contributed by atoms with Gasteiger partial charge in [0.15, 0.2) is 0 Å². The Morgan fingerprint density at radius 1 is 0.812 bits per heavy atom. The van der Waals surface area contributed by atoms with E-state index in [2.05, 4.69) is 76.2 Å². The summed E-state index contributed by atoms with van der Waals surface area (Å²) in [5.74, 6) is 0.667. The number of hydrazine groups is 1. The molecular formula is C25H41Cl2N5. The average Bonchev–Trinajstić information content (AvgIpc) is 2.63. The second-order valence-corrected chi connectivity index (χ2v) is 12.8. The molecule has 2 saturated heterocycles. The zero-order valence-corrected chi connectivity index (χ0v) is 22.6. The van der Waals surface area contributed by atoms with Crippen LogP contribution in [0.1, 0.15) is 93.9 Å². The van der Waals surface area contributed by atoms with E-state index in [1.165, 1.54) is 12.8 Å². The summed E-state index contributed by atoms with van der Waals surface area (Å²) in [4.78, 5) is 0. The lowest BCUT2D eigenvalue weighted by atomic mass is 9.81. The molecule has 0 bridgehead atoms. The van der Waals surface area contributed by atoms with E-state index >= 15 is 0 Å². The van der Waals surface area contributed by atoms with E-state index in [9.17, 15) is 0 Å². The van der Waals surface area contributed by atoms with Gasteiger partial charge in [-0.1, -0.05) is 23.2 Å². The monoisotopic (exact) mass is 481 g/mol.